The Balaban J connectivity index is 1.10. The minimum atomic E-state index is 0.00640. The third kappa shape index (κ3) is 4.44. The quantitative estimate of drug-likeness (QED) is 0.198. The summed E-state index contributed by atoms with van der Waals surface area (Å²) in [5, 5.41) is 10.7. The predicted octanol–water partition coefficient (Wildman–Crippen LogP) is 12.6. The molecule has 1 aliphatic heterocycles. The van der Waals surface area contributed by atoms with Crippen LogP contribution in [0.1, 0.15) is 22.7 Å². The van der Waals surface area contributed by atoms with Crippen molar-refractivity contribution in [3.8, 4) is 11.4 Å². The monoisotopic (exact) mass is 704 g/mol. The predicted molar refractivity (Wildman–Crippen MR) is 226 cm³/mol. The summed E-state index contributed by atoms with van der Waals surface area (Å²) in [4.78, 5) is 5.12. The normalized spacial score (nSPS) is 14.3. The van der Waals surface area contributed by atoms with Crippen LogP contribution in [-0.4, -0.2) is 15.0 Å². The highest BCUT2D eigenvalue weighted by Crippen LogP contribution is 2.44. The Morgan fingerprint density at radius 3 is 2.00 bits per heavy atom. The molecule has 0 radical (unpaired) electrons. The molecule has 3 aromatic heterocycles. The maximum absolute atomic E-state index is 6.73. The van der Waals surface area contributed by atoms with Crippen LogP contribution in [-0.2, 0) is 0 Å². The molecule has 1 unspecified atom stereocenters. The third-order valence-corrected chi connectivity index (χ3v) is 11.4. The summed E-state index contributed by atoms with van der Waals surface area (Å²) in [7, 11) is 0. The molecule has 1 N–H and O–H groups in total. The molecule has 5 heteroatoms. The van der Waals surface area contributed by atoms with Gasteiger partial charge in [0.25, 0.3) is 0 Å². The van der Waals surface area contributed by atoms with E-state index in [4.69, 9.17) is 9.41 Å². The fourth-order valence-corrected chi connectivity index (χ4v) is 8.90. The van der Waals surface area contributed by atoms with Crippen molar-refractivity contribution in [1.82, 2.24) is 14.5 Å². The van der Waals surface area contributed by atoms with Crippen LogP contribution in [0.15, 0.2) is 191 Å². The molecule has 1 aliphatic rings. The zero-order chi connectivity index (χ0) is 36.0. The number of nitrogens with zero attached hydrogens (tertiary/aromatic N) is 3. The Morgan fingerprint density at radius 2 is 1.15 bits per heavy atom. The van der Waals surface area contributed by atoms with Gasteiger partial charge in [-0.25, -0.2) is 4.99 Å². The fourth-order valence-electron chi connectivity index (χ4n) is 8.90. The Bertz CT molecular complexity index is 3330. The van der Waals surface area contributed by atoms with Crippen LogP contribution in [0.2, 0.25) is 0 Å². The van der Waals surface area contributed by atoms with Crippen molar-refractivity contribution in [2.24, 2.45) is 4.99 Å². The van der Waals surface area contributed by atoms with Crippen molar-refractivity contribution in [3.63, 3.8) is 0 Å². The molecule has 12 rings (SSSR count). The fraction of sp³-hybridized carbons (Fsp3) is 0.0200. The highest BCUT2D eigenvalue weighted by molar-refractivity contribution is 6.26. The van der Waals surface area contributed by atoms with Gasteiger partial charge in [0, 0.05) is 49.4 Å². The maximum Gasteiger partial charge on any atom is 0.145 e. The summed E-state index contributed by atoms with van der Waals surface area (Å²) in [5.74, 6) is 0.861. The van der Waals surface area contributed by atoms with E-state index in [-0.39, 0.29) is 6.04 Å². The lowest BCUT2D eigenvalue weighted by Gasteiger charge is -2.27. The molecule has 11 aromatic rings. The zero-order valence-corrected chi connectivity index (χ0v) is 29.6. The van der Waals surface area contributed by atoms with Crippen LogP contribution in [0, 0.1) is 0 Å². The van der Waals surface area contributed by atoms with Crippen LogP contribution in [0.3, 0.4) is 0 Å². The van der Waals surface area contributed by atoms with Crippen LogP contribution in [0.25, 0.3) is 76.9 Å². The average Bonchev–Trinajstić information content (AvgIpc) is 3.90. The minimum Gasteiger partial charge on any atom is -0.455 e. The number of furan rings is 1. The molecule has 0 bridgehead atoms. The number of nitrogens with one attached hydrogen (secondary N) is 1. The summed E-state index contributed by atoms with van der Waals surface area (Å²) >= 11 is 0. The van der Waals surface area contributed by atoms with E-state index in [1.807, 2.05) is 6.07 Å². The topological polar surface area (TPSA) is 47.4 Å². The summed E-state index contributed by atoms with van der Waals surface area (Å²) in [6.07, 6.45) is 0. The van der Waals surface area contributed by atoms with E-state index in [1.165, 1.54) is 27.4 Å². The Morgan fingerprint density at radius 1 is 0.473 bits per heavy atom. The highest BCUT2D eigenvalue weighted by Gasteiger charge is 2.25. The third-order valence-electron chi connectivity index (χ3n) is 11.4. The van der Waals surface area contributed by atoms with E-state index < -0.39 is 0 Å². The van der Waals surface area contributed by atoms with Gasteiger partial charge in [-0.2, -0.15) is 0 Å². The molecule has 0 fully saturated rings. The van der Waals surface area contributed by atoms with Crippen molar-refractivity contribution in [2.75, 3.05) is 0 Å². The lowest BCUT2D eigenvalue weighted by Crippen LogP contribution is -2.32. The Kier molecular flexibility index (Phi) is 6.33. The largest absolute Gasteiger partial charge is 0.455 e. The van der Waals surface area contributed by atoms with Crippen LogP contribution >= 0.6 is 0 Å². The SMILES string of the molecule is c1ccc(C2NC(c3ccc(-n4c5cc6c(cc5c5c7oc8ccccc8c7ccc54)c4ccccc4n6-c4ccccc4)cc3)=Nc3ccccc32)cc1. The summed E-state index contributed by atoms with van der Waals surface area (Å²) in [6.45, 7) is 0. The lowest BCUT2D eigenvalue weighted by molar-refractivity contribution is 0.673. The maximum atomic E-state index is 6.73. The second-order valence-electron chi connectivity index (χ2n) is 14.4. The first kappa shape index (κ1) is 30.1. The molecule has 0 amide bonds. The van der Waals surface area contributed by atoms with Gasteiger partial charge in [0.15, 0.2) is 0 Å². The van der Waals surface area contributed by atoms with Gasteiger partial charge in [-0.1, -0.05) is 103 Å². The Labute approximate surface area is 316 Å². The van der Waals surface area contributed by atoms with Gasteiger partial charge in [0.05, 0.1) is 39.2 Å². The van der Waals surface area contributed by atoms with Gasteiger partial charge >= 0.3 is 0 Å². The molecule has 55 heavy (non-hydrogen) atoms. The lowest BCUT2D eigenvalue weighted by atomic mass is 9.95. The first-order valence-corrected chi connectivity index (χ1v) is 18.8. The van der Waals surface area contributed by atoms with Crippen molar-refractivity contribution < 1.29 is 4.42 Å². The molecule has 258 valence electrons. The van der Waals surface area contributed by atoms with E-state index in [1.54, 1.807) is 0 Å². The van der Waals surface area contributed by atoms with E-state index in [2.05, 4.69) is 190 Å². The molecule has 0 saturated heterocycles. The minimum absolute atomic E-state index is 0.00640. The molecular formula is C50H32N4O. The number of aliphatic imine (C=N–C) groups is 1. The number of hydrogen-bond acceptors (Lipinski definition) is 3. The first-order chi connectivity index (χ1) is 27.3. The smallest absolute Gasteiger partial charge is 0.145 e. The molecule has 8 aromatic carbocycles. The molecule has 0 saturated carbocycles. The number of rotatable bonds is 4. The second kappa shape index (κ2) is 11.6. The van der Waals surface area contributed by atoms with Gasteiger partial charge in [0.1, 0.15) is 17.0 Å². The number of para-hydroxylation sites is 4. The van der Waals surface area contributed by atoms with E-state index in [0.29, 0.717) is 0 Å². The van der Waals surface area contributed by atoms with Gasteiger partial charge in [-0.3, -0.25) is 0 Å². The average molecular weight is 705 g/mol. The molecule has 0 spiro atoms. The molecule has 0 aliphatic carbocycles. The number of hydrogen-bond donors (Lipinski definition) is 1. The summed E-state index contributed by atoms with van der Waals surface area (Å²) in [6, 6.07) is 64.8. The number of aromatic nitrogens is 2. The standard InChI is InChI=1S/C50H32N4O/c1-3-13-31(14-4-1)48-38-19-7-10-20-41(38)51-50(52-48)32-23-25-34(26-24-32)54-43-28-27-37-36-18-9-12-22-46(36)55-49(37)47(43)40-29-39-35-17-8-11-21-42(35)53(44(39)30-45(40)54)33-15-5-2-6-16-33/h1-30,48H,(H,51,52). The van der Waals surface area contributed by atoms with Gasteiger partial charge < -0.3 is 18.9 Å². The van der Waals surface area contributed by atoms with E-state index >= 15 is 0 Å². The second-order valence-corrected chi connectivity index (χ2v) is 14.4. The van der Waals surface area contributed by atoms with Gasteiger partial charge in [0.2, 0.25) is 0 Å². The van der Waals surface area contributed by atoms with Crippen LogP contribution in [0.5, 0.6) is 0 Å². The van der Waals surface area contributed by atoms with Crippen molar-refractivity contribution in [1.29, 1.82) is 0 Å². The van der Waals surface area contributed by atoms with Crippen molar-refractivity contribution in [2.45, 2.75) is 6.04 Å². The molecular weight excluding hydrogens is 673 g/mol. The van der Waals surface area contributed by atoms with Crippen LogP contribution in [0.4, 0.5) is 5.69 Å². The van der Waals surface area contributed by atoms with E-state index in [9.17, 15) is 0 Å². The van der Waals surface area contributed by atoms with Gasteiger partial charge in [-0.15, -0.1) is 0 Å². The summed E-state index contributed by atoms with van der Waals surface area (Å²) < 4.78 is 11.5. The van der Waals surface area contributed by atoms with Crippen molar-refractivity contribution in [3.05, 3.63) is 199 Å². The van der Waals surface area contributed by atoms with Crippen molar-refractivity contribution >= 4 is 77.1 Å². The number of fused-ring (bicyclic) bond motifs is 11. The molecule has 4 heterocycles. The zero-order valence-electron chi connectivity index (χ0n) is 29.6. The molecule has 1 atom stereocenters. The number of benzene rings is 8. The number of amidine groups is 1. The Hall–Kier alpha value is -7.37. The first-order valence-electron chi connectivity index (χ1n) is 18.8. The van der Waals surface area contributed by atoms with Gasteiger partial charge in [-0.05, 0) is 84.4 Å². The van der Waals surface area contributed by atoms with E-state index in [0.717, 1.165) is 77.7 Å². The van der Waals surface area contributed by atoms with Crippen LogP contribution < -0.4 is 5.32 Å². The summed E-state index contributed by atoms with van der Waals surface area (Å²) in [5.41, 5.74) is 13.0. The molecule has 5 nitrogen and oxygen atoms in total. The highest BCUT2D eigenvalue weighted by atomic mass is 16.3.